The zero-order chi connectivity index (χ0) is 37.9. The number of ether oxygens (including phenoxy) is 1. The summed E-state index contributed by atoms with van der Waals surface area (Å²) in [5.41, 5.74) is 6.02. The van der Waals surface area contributed by atoms with E-state index < -0.39 is 49.3 Å². The molecule has 280 valence electrons. The minimum absolute atomic E-state index is 0.0208. The molecule has 0 radical (unpaired) electrons. The molecule has 0 bridgehead atoms. The molecular weight excluding hydrogens is 689 g/mol. The molecule has 6 N–H and O–H groups in total. The van der Waals surface area contributed by atoms with Crippen LogP contribution < -0.4 is 4.90 Å². The number of halogens is 1. The third-order valence-corrected chi connectivity index (χ3v) is 10.8. The Morgan fingerprint density at radius 2 is 1.39 bits per heavy atom. The van der Waals surface area contributed by atoms with Gasteiger partial charge in [-0.3, -0.25) is 4.79 Å². The van der Waals surface area contributed by atoms with Gasteiger partial charge in [0.1, 0.15) is 42.1 Å². The molecule has 2 aliphatic rings. The fourth-order valence-electron chi connectivity index (χ4n) is 7.84. The van der Waals surface area contributed by atoms with Gasteiger partial charge in [0.25, 0.3) is 0 Å². The summed E-state index contributed by atoms with van der Waals surface area (Å²) in [5, 5.41) is 63.0. The second-order valence-electron chi connectivity index (χ2n) is 14.2. The molecule has 1 amide bonds. The third kappa shape index (κ3) is 7.67. The number of amides is 1. The van der Waals surface area contributed by atoms with E-state index in [4.69, 9.17) is 4.74 Å². The number of hydrogen-bond donors (Lipinski definition) is 6. The highest BCUT2D eigenvalue weighted by Crippen LogP contribution is 2.47. The number of phenolic OH excluding ortho intramolecular Hbond substituents is 1. The van der Waals surface area contributed by atoms with Crippen molar-refractivity contribution in [3.05, 3.63) is 144 Å². The average molecular weight is 734 g/mol. The van der Waals surface area contributed by atoms with Crippen molar-refractivity contribution in [2.45, 2.75) is 68.3 Å². The average Bonchev–Trinajstić information content (AvgIpc) is 3.52. The third-order valence-electron chi connectivity index (χ3n) is 10.8. The van der Waals surface area contributed by atoms with Crippen molar-refractivity contribution in [1.29, 1.82) is 0 Å². The van der Waals surface area contributed by atoms with Crippen LogP contribution in [0.5, 0.6) is 5.75 Å². The Hall–Kier alpha value is -4.94. The van der Waals surface area contributed by atoms with E-state index >= 15 is 0 Å². The Morgan fingerprint density at radius 1 is 0.759 bits per heavy atom. The molecule has 0 spiro atoms. The fourth-order valence-corrected chi connectivity index (χ4v) is 7.84. The molecule has 0 aromatic heterocycles. The van der Waals surface area contributed by atoms with Gasteiger partial charge >= 0.3 is 0 Å². The summed E-state index contributed by atoms with van der Waals surface area (Å²) in [6.45, 7) is -0.521. The van der Waals surface area contributed by atoms with Crippen LogP contribution in [0.3, 0.4) is 0 Å². The number of carbonyl (C=O) groups excluding carboxylic acids is 1. The molecule has 2 fully saturated rings. The first-order chi connectivity index (χ1) is 26.1. The number of hydrogen-bond acceptors (Lipinski definition) is 8. The van der Waals surface area contributed by atoms with Gasteiger partial charge < -0.3 is 40.3 Å². The first-order valence-corrected chi connectivity index (χ1v) is 18.3. The van der Waals surface area contributed by atoms with Crippen molar-refractivity contribution in [3.8, 4) is 28.0 Å². The zero-order valence-electron chi connectivity index (χ0n) is 29.5. The van der Waals surface area contributed by atoms with E-state index in [2.05, 4.69) is 0 Å². The van der Waals surface area contributed by atoms with Gasteiger partial charge in [-0.05, 0) is 82.5 Å². The Bertz CT molecular complexity index is 2020. The lowest BCUT2D eigenvalue weighted by atomic mass is 9.87. The summed E-state index contributed by atoms with van der Waals surface area (Å²) in [5.74, 6) is -0.580. The van der Waals surface area contributed by atoms with Crippen LogP contribution in [0.1, 0.15) is 60.6 Å². The Balaban J connectivity index is 1.14. The van der Waals surface area contributed by atoms with Gasteiger partial charge in [-0.1, -0.05) is 97.4 Å². The molecule has 8 atom stereocenters. The molecule has 5 aromatic rings. The predicted molar refractivity (Wildman–Crippen MR) is 202 cm³/mol. The number of aliphatic hydroxyl groups is 5. The zero-order valence-corrected chi connectivity index (χ0v) is 29.5. The molecule has 2 heterocycles. The van der Waals surface area contributed by atoms with Gasteiger partial charge in [0.2, 0.25) is 5.91 Å². The predicted octanol–water partition coefficient (Wildman–Crippen LogP) is 6.38. The van der Waals surface area contributed by atoms with Crippen molar-refractivity contribution in [1.82, 2.24) is 0 Å². The van der Waals surface area contributed by atoms with Crippen molar-refractivity contribution in [2.24, 2.45) is 5.92 Å². The van der Waals surface area contributed by atoms with E-state index in [9.17, 15) is 39.8 Å². The Kier molecular flexibility index (Phi) is 11.2. The lowest BCUT2D eigenvalue weighted by Gasteiger charge is -2.40. The van der Waals surface area contributed by atoms with E-state index in [1.165, 1.54) is 12.1 Å². The molecule has 54 heavy (non-hydrogen) atoms. The quantitative estimate of drug-likeness (QED) is 0.0916. The van der Waals surface area contributed by atoms with Gasteiger partial charge in [0.05, 0.1) is 18.8 Å². The van der Waals surface area contributed by atoms with Gasteiger partial charge in [0, 0.05) is 17.7 Å². The second kappa shape index (κ2) is 16.2. The standard InChI is InChI=1S/C44H44FNO8/c45-33-18-13-29(14-19-33)36(48)8-4-7-32-24-39(50)46(34-20-15-27(16-21-34)26-5-2-1-3-6-26)40(32)35-22-17-31(23-37(35)49)28-9-11-30(12-10-28)44-43(53)42(52)41(51)38(25-47)54-44/h1-3,5-6,9-23,32,36,38,40-44,47-49,51-53H,4,7-8,24-25H2/t32-,36-,38-,40+,41-,42+,43-,44?/m1/s1. The van der Waals surface area contributed by atoms with E-state index in [1.54, 1.807) is 47.4 Å². The summed E-state index contributed by atoms with van der Waals surface area (Å²) in [7, 11) is 0. The Morgan fingerprint density at radius 3 is 2.06 bits per heavy atom. The van der Waals surface area contributed by atoms with Gasteiger partial charge in [-0.2, -0.15) is 0 Å². The molecule has 5 aromatic carbocycles. The lowest BCUT2D eigenvalue weighted by Crippen LogP contribution is -2.55. The monoisotopic (exact) mass is 733 g/mol. The molecule has 10 heteroatoms. The van der Waals surface area contributed by atoms with Crippen LogP contribution >= 0.6 is 0 Å². The number of carbonyl (C=O) groups is 1. The van der Waals surface area contributed by atoms with E-state index in [1.807, 2.05) is 66.7 Å². The van der Waals surface area contributed by atoms with Crippen LogP contribution in [0.15, 0.2) is 121 Å². The number of rotatable bonds is 11. The molecular formula is C44H44FNO8. The van der Waals surface area contributed by atoms with Crippen LogP contribution in [-0.4, -0.2) is 67.6 Å². The maximum atomic E-state index is 13.8. The van der Waals surface area contributed by atoms with E-state index in [0.717, 1.165) is 16.7 Å². The van der Waals surface area contributed by atoms with Crippen LogP contribution in [0.25, 0.3) is 22.3 Å². The van der Waals surface area contributed by atoms with Crippen molar-refractivity contribution < 1.29 is 44.6 Å². The smallest absolute Gasteiger partial charge is 0.227 e. The molecule has 2 saturated heterocycles. The fraction of sp³-hybridized carbons (Fsp3) is 0.295. The maximum absolute atomic E-state index is 13.8. The maximum Gasteiger partial charge on any atom is 0.227 e. The minimum atomic E-state index is -1.49. The first-order valence-electron chi connectivity index (χ1n) is 18.3. The normalized spacial score (nSPS) is 24.8. The SMILES string of the molecule is O=C1C[C@@H](CCC[C@@H](O)c2ccc(F)cc2)[C@@H](c2ccc(-c3ccc(C4O[C@H](CO)[C@@H](O)[C@H](O)[C@H]4O)cc3)cc2O)N1c1ccc(-c2ccccc2)cc1. The van der Waals surface area contributed by atoms with Gasteiger partial charge in [-0.25, -0.2) is 4.39 Å². The number of nitrogens with zero attached hydrogens (tertiary/aromatic N) is 1. The summed E-state index contributed by atoms with van der Waals surface area (Å²) in [6, 6.07) is 35.5. The minimum Gasteiger partial charge on any atom is -0.508 e. The van der Waals surface area contributed by atoms with E-state index in [0.29, 0.717) is 47.2 Å². The summed E-state index contributed by atoms with van der Waals surface area (Å²) < 4.78 is 19.2. The molecule has 9 nitrogen and oxygen atoms in total. The summed E-state index contributed by atoms with van der Waals surface area (Å²) in [6.07, 6.45) is -5.20. The molecule has 0 aliphatic carbocycles. The highest BCUT2D eigenvalue weighted by Gasteiger charge is 2.44. The van der Waals surface area contributed by atoms with Crippen LogP contribution in [-0.2, 0) is 9.53 Å². The largest absolute Gasteiger partial charge is 0.508 e. The lowest BCUT2D eigenvalue weighted by molar-refractivity contribution is -0.231. The molecule has 7 rings (SSSR count). The van der Waals surface area contributed by atoms with Gasteiger partial charge in [-0.15, -0.1) is 0 Å². The first kappa shape index (κ1) is 37.4. The number of aliphatic hydroxyl groups excluding tert-OH is 5. The van der Waals surface area contributed by atoms with Gasteiger partial charge in [0.15, 0.2) is 0 Å². The topological polar surface area (TPSA) is 151 Å². The van der Waals surface area contributed by atoms with Crippen molar-refractivity contribution in [3.63, 3.8) is 0 Å². The molecule has 0 saturated carbocycles. The number of aromatic hydroxyl groups is 1. The van der Waals surface area contributed by atoms with E-state index in [-0.39, 0.29) is 29.8 Å². The Labute approximate surface area is 313 Å². The number of phenols is 1. The summed E-state index contributed by atoms with van der Waals surface area (Å²) >= 11 is 0. The number of anilines is 1. The number of benzene rings is 5. The highest BCUT2D eigenvalue weighted by molar-refractivity contribution is 5.97. The highest BCUT2D eigenvalue weighted by atomic mass is 19.1. The summed E-state index contributed by atoms with van der Waals surface area (Å²) in [4.78, 5) is 15.6. The van der Waals surface area contributed by atoms with Crippen molar-refractivity contribution >= 4 is 11.6 Å². The van der Waals surface area contributed by atoms with Crippen LogP contribution in [0.4, 0.5) is 10.1 Å². The van der Waals surface area contributed by atoms with Crippen molar-refractivity contribution in [2.75, 3.05) is 11.5 Å². The second-order valence-corrected chi connectivity index (χ2v) is 14.2. The molecule has 2 aliphatic heterocycles. The van der Waals surface area contributed by atoms with Crippen LogP contribution in [0.2, 0.25) is 0 Å². The van der Waals surface area contributed by atoms with Crippen LogP contribution in [0, 0.1) is 11.7 Å². The molecule has 1 unspecified atom stereocenters.